The van der Waals surface area contributed by atoms with Gasteiger partial charge in [0.1, 0.15) is 23.3 Å². The van der Waals surface area contributed by atoms with Crippen molar-refractivity contribution in [1.82, 2.24) is 19.9 Å². The normalized spacial score (nSPS) is 19.8. The molecule has 0 radical (unpaired) electrons. The lowest BCUT2D eigenvalue weighted by molar-refractivity contribution is -0.134. The van der Waals surface area contributed by atoms with Crippen LogP contribution in [0.2, 0.25) is 5.02 Å². The summed E-state index contributed by atoms with van der Waals surface area (Å²) in [5.74, 6) is -1.63. The lowest BCUT2D eigenvalue weighted by Gasteiger charge is -2.38. The van der Waals surface area contributed by atoms with Gasteiger partial charge in [-0.15, -0.1) is 0 Å². The molecule has 55 heavy (non-hydrogen) atoms. The zero-order valence-corrected chi connectivity index (χ0v) is 31.4. The average Bonchev–Trinajstić information content (AvgIpc) is 3.40. The minimum atomic E-state index is -1.02. The fourth-order valence-electron chi connectivity index (χ4n) is 9.02. The number of carbonyl (C=O) groups excluding carboxylic acids is 2. The molecule has 1 N–H and O–H groups in total. The monoisotopic (exact) mass is 763 g/mol. The standard InChI is InChI=1S/C42H40ClF2N7O3/c1-42(2)29-8-6-25(20-34(29)52-33-5-3-4-30(43)38(33)40(55)48-41(42)52)24-11-14-51(15-12-24)35-23-26(10-13-46-35)49-16-18-50(19-17-49)27-21-31(44)37(32(45)22-27)28-7-9-36(53)47-39(28)54/h3-6,8,10,13,20-24,28H,7,9,11-12,14-19H2,1-2H3,(H,47,53,54). The van der Waals surface area contributed by atoms with E-state index >= 15 is 8.78 Å². The third kappa shape index (κ3) is 6.01. The molecule has 0 bridgehead atoms. The van der Waals surface area contributed by atoms with Gasteiger partial charge in [0.25, 0.3) is 5.56 Å². The van der Waals surface area contributed by atoms with Crippen LogP contribution in [0.25, 0.3) is 16.6 Å². The summed E-state index contributed by atoms with van der Waals surface area (Å²) in [5, 5.41) is 3.03. The first kappa shape index (κ1) is 35.3. The van der Waals surface area contributed by atoms with Crippen molar-refractivity contribution in [3.05, 3.63) is 116 Å². The van der Waals surface area contributed by atoms with Gasteiger partial charge < -0.3 is 14.7 Å². The van der Waals surface area contributed by atoms with Crippen LogP contribution in [0.1, 0.15) is 73.9 Å². The minimum absolute atomic E-state index is 0.0518. The molecule has 3 fully saturated rings. The van der Waals surface area contributed by atoms with Crippen LogP contribution in [-0.4, -0.2) is 65.6 Å². The molecule has 5 aromatic rings. The molecule has 0 aliphatic carbocycles. The maximum absolute atomic E-state index is 15.2. The second-order valence-corrected chi connectivity index (χ2v) is 16.0. The number of halogens is 3. The molecule has 4 aliphatic rings. The highest BCUT2D eigenvalue weighted by molar-refractivity contribution is 6.35. The smallest absolute Gasteiger partial charge is 0.282 e. The van der Waals surface area contributed by atoms with Gasteiger partial charge in [-0.1, -0.05) is 29.8 Å². The Balaban J connectivity index is 0.865. The van der Waals surface area contributed by atoms with E-state index in [1.807, 2.05) is 29.3 Å². The second-order valence-electron chi connectivity index (χ2n) is 15.5. The summed E-state index contributed by atoms with van der Waals surface area (Å²) in [4.78, 5) is 52.7. The van der Waals surface area contributed by atoms with Gasteiger partial charge in [-0.25, -0.2) is 13.8 Å². The number of carbonyl (C=O) groups is 2. The number of pyridine rings is 1. The Bertz CT molecular complexity index is 2430. The van der Waals surface area contributed by atoms with Gasteiger partial charge in [0, 0.05) is 74.9 Å². The number of nitrogens with zero attached hydrogens (tertiary/aromatic N) is 6. The van der Waals surface area contributed by atoms with E-state index in [1.54, 1.807) is 6.07 Å². The largest absolute Gasteiger partial charge is 0.368 e. The molecule has 9 rings (SSSR count). The summed E-state index contributed by atoms with van der Waals surface area (Å²) in [6.07, 6.45) is 3.91. The predicted octanol–water partition coefficient (Wildman–Crippen LogP) is 6.58. The summed E-state index contributed by atoms with van der Waals surface area (Å²) in [6, 6.07) is 19.0. The number of nitrogens with one attached hydrogen (secondary N) is 1. The van der Waals surface area contributed by atoms with Crippen molar-refractivity contribution in [3.8, 4) is 5.69 Å². The van der Waals surface area contributed by atoms with Crippen molar-refractivity contribution in [2.75, 3.05) is 54.0 Å². The highest BCUT2D eigenvalue weighted by Gasteiger charge is 2.39. The van der Waals surface area contributed by atoms with Crippen molar-refractivity contribution in [2.45, 2.75) is 56.8 Å². The number of piperazine rings is 1. The molecule has 13 heteroatoms. The number of amides is 2. The van der Waals surface area contributed by atoms with E-state index in [4.69, 9.17) is 16.6 Å². The maximum atomic E-state index is 15.2. The van der Waals surface area contributed by atoms with Crippen LogP contribution in [0.5, 0.6) is 0 Å². The number of rotatable bonds is 5. The number of fused-ring (bicyclic) bond motifs is 5. The van der Waals surface area contributed by atoms with Crippen LogP contribution < -0.4 is 25.6 Å². The van der Waals surface area contributed by atoms with E-state index in [9.17, 15) is 14.4 Å². The quantitative estimate of drug-likeness (QED) is 0.201. The Kier molecular flexibility index (Phi) is 8.64. The molecule has 3 aromatic carbocycles. The molecule has 10 nitrogen and oxygen atoms in total. The first-order chi connectivity index (χ1) is 26.5. The minimum Gasteiger partial charge on any atom is -0.368 e. The van der Waals surface area contributed by atoms with Crippen molar-refractivity contribution in [2.24, 2.45) is 0 Å². The van der Waals surface area contributed by atoms with Crippen LogP contribution in [-0.2, 0) is 15.0 Å². The van der Waals surface area contributed by atoms with E-state index in [0.29, 0.717) is 48.2 Å². The molecular weight excluding hydrogens is 724 g/mol. The Morgan fingerprint density at radius 1 is 0.818 bits per heavy atom. The predicted molar refractivity (Wildman–Crippen MR) is 209 cm³/mol. The molecule has 2 aromatic heterocycles. The number of benzene rings is 3. The van der Waals surface area contributed by atoms with E-state index < -0.39 is 34.8 Å². The topological polar surface area (TPSA) is 104 Å². The summed E-state index contributed by atoms with van der Waals surface area (Å²) >= 11 is 6.50. The fourth-order valence-corrected chi connectivity index (χ4v) is 9.27. The summed E-state index contributed by atoms with van der Waals surface area (Å²) < 4.78 is 32.6. The molecule has 2 amide bonds. The van der Waals surface area contributed by atoms with Gasteiger partial charge in [0.15, 0.2) is 0 Å². The van der Waals surface area contributed by atoms with Crippen molar-refractivity contribution in [3.63, 3.8) is 0 Å². The Hall–Kier alpha value is -5.36. The average molecular weight is 764 g/mol. The van der Waals surface area contributed by atoms with Crippen LogP contribution in [0.3, 0.4) is 0 Å². The van der Waals surface area contributed by atoms with Crippen LogP contribution in [0.4, 0.5) is 26.0 Å². The Morgan fingerprint density at radius 2 is 1.53 bits per heavy atom. The molecule has 282 valence electrons. The molecule has 3 saturated heterocycles. The number of anilines is 3. The lowest BCUT2D eigenvalue weighted by Crippen LogP contribution is -2.46. The number of hydrogen-bond donors (Lipinski definition) is 1. The van der Waals surface area contributed by atoms with E-state index in [-0.39, 0.29) is 24.0 Å². The van der Waals surface area contributed by atoms with Crippen LogP contribution in [0.15, 0.2) is 71.7 Å². The highest BCUT2D eigenvalue weighted by atomic mass is 35.5. The number of aromatic nitrogens is 3. The van der Waals surface area contributed by atoms with Gasteiger partial charge >= 0.3 is 0 Å². The van der Waals surface area contributed by atoms with E-state index in [1.165, 1.54) is 17.7 Å². The fraction of sp³-hybridized carbons (Fsp3) is 0.357. The van der Waals surface area contributed by atoms with Crippen molar-refractivity contribution >= 4 is 51.5 Å². The highest BCUT2D eigenvalue weighted by Crippen LogP contribution is 2.45. The number of hydrogen-bond acceptors (Lipinski definition) is 8. The Morgan fingerprint density at radius 3 is 2.24 bits per heavy atom. The molecule has 1 atom stereocenters. The number of piperidine rings is 2. The van der Waals surface area contributed by atoms with Gasteiger partial charge in [-0.2, -0.15) is 4.98 Å². The van der Waals surface area contributed by atoms with Gasteiger partial charge in [-0.3, -0.25) is 24.3 Å². The van der Waals surface area contributed by atoms with E-state index in [2.05, 4.69) is 62.8 Å². The van der Waals surface area contributed by atoms with Gasteiger partial charge in [0.2, 0.25) is 11.8 Å². The zero-order chi connectivity index (χ0) is 38.2. The first-order valence-corrected chi connectivity index (χ1v) is 19.3. The SMILES string of the molecule is CC1(C)c2ccc(C3CCN(c4cc(N5CCN(c6cc(F)c(C7CCC(=O)NC7=O)c(F)c6)CC5)ccn4)CC3)cc2-n2c1nc(=O)c1c(Cl)cccc12. The second kappa shape index (κ2) is 13.4. The first-order valence-electron chi connectivity index (χ1n) is 18.9. The third-order valence-corrected chi connectivity index (χ3v) is 12.4. The summed E-state index contributed by atoms with van der Waals surface area (Å²) in [6.45, 7) is 8.38. The molecule has 1 unspecified atom stereocenters. The van der Waals surface area contributed by atoms with Gasteiger partial charge in [-0.05, 0) is 86.6 Å². The van der Waals surface area contributed by atoms with Crippen molar-refractivity contribution < 1.29 is 18.4 Å². The van der Waals surface area contributed by atoms with Crippen molar-refractivity contribution in [1.29, 1.82) is 0 Å². The zero-order valence-electron chi connectivity index (χ0n) is 30.6. The summed E-state index contributed by atoms with van der Waals surface area (Å²) in [5.41, 5.74) is 4.70. The van der Waals surface area contributed by atoms with Crippen LogP contribution >= 0.6 is 11.6 Å². The molecule has 6 heterocycles. The molecule has 0 saturated carbocycles. The molecule has 0 spiro atoms. The van der Waals surface area contributed by atoms with Gasteiger partial charge in [0.05, 0.1) is 32.9 Å². The third-order valence-electron chi connectivity index (χ3n) is 12.0. The number of imide groups is 1. The summed E-state index contributed by atoms with van der Waals surface area (Å²) in [7, 11) is 0. The van der Waals surface area contributed by atoms with Crippen LogP contribution in [0, 0.1) is 11.6 Å². The Labute approximate surface area is 321 Å². The van der Waals surface area contributed by atoms with E-state index in [0.717, 1.165) is 60.0 Å². The maximum Gasteiger partial charge on any atom is 0.282 e. The lowest BCUT2D eigenvalue weighted by atomic mass is 9.83. The molecule has 4 aliphatic heterocycles. The molecular formula is C42H40ClF2N7O3.